The van der Waals surface area contributed by atoms with Gasteiger partial charge in [-0.25, -0.2) is 36.8 Å². The van der Waals surface area contributed by atoms with Crippen LogP contribution in [-0.4, -0.2) is 136 Å². The topological polar surface area (TPSA) is 284 Å². The third-order valence-corrected chi connectivity index (χ3v) is 17.1. The fraction of sp³-hybridized carbons (Fsp3) is 0.414. The fourth-order valence-electron chi connectivity index (χ4n) is 8.71. The zero-order chi connectivity index (χ0) is 59.9. The normalized spacial score (nSPS) is 13.7. The van der Waals surface area contributed by atoms with Crippen molar-refractivity contribution in [3.8, 4) is 45.6 Å². The van der Waals surface area contributed by atoms with Crippen LogP contribution in [0.2, 0.25) is 0 Å². The minimum absolute atomic E-state index is 0.115. The quantitative estimate of drug-likeness (QED) is 0.0655. The van der Waals surface area contributed by atoms with Gasteiger partial charge in [0.05, 0.1) is 60.5 Å². The molecule has 0 radical (unpaired) electrons. The van der Waals surface area contributed by atoms with Gasteiger partial charge in [-0.1, -0.05) is 24.3 Å². The van der Waals surface area contributed by atoms with Crippen molar-refractivity contribution in [1.82, 2.24) is 59.4 Å². The first kappa shape index (κ1) is 62.1. The average Bonchev–Trinajstić information content (AvgIpc) is 3.63. The number of aromatic nitrogens is 12. The molecule has 0 aliphatic rings. The van der Waals surface area contributed by atoms with Crippen LogP contribution in [0.3, 0.4) is 0 Å². The summed E-state index contributed by atoms with van der Waals surface area (Å²) in [5.74, 6) is 1.87. The van der Waals surface area contributed by atoms with Gasteiger partial charge in [-0.3, -0.25) is 19.1 Å². The summed E-state index contributed by atoms with van der Waals surface area (Å²) in [5.41, 5.74) is 5.41. The Morgan fingerprint density at radius 3 is 1.18 bits per heavy atom. The first-order chi connectivity index (χ1) is 38.6. The number of nitrogens with zero attached hydrogens (tertiary/aromatic N) is 12. The summed E-state index contributed by atoms with van der Waals surface area (Å²) < 4.78 is 82.7. The smallest absolute Gasteiger partial charge is 0.170 e. The molecule has 0 saturated carbocycles. The highest BCUT2D eigenvalue weighted by atomic mass is 32.2. The Bertz CT molecular complexity index is 3470. The number of methoxy groups -OCH3 is 2. The SMILES string of the molecule is COc1cccc(C)c1-n1c(CS(=O)(=O)[C@@H](C)[C@H](OCC(C)(C)O)c2ncc(C)cn2)nnc1-c1cncc(C)c1.COc1cccc(C)c1-n1c(CS(=O)(=O)[C@H](C)[C@@H](OCC(C)(C)O)c2ncc(C)cn2)nnc1-c1cncc(C)c1. The van der Waals surface area contributed by atoms with E-state index < -0.39 is 65.1 Å². The van der Waals surface area contributed by atoms with Gasteiger partial charge in [0.1, 0.15) is 35.2 Å². The molecule has 8 aromatic rings. The monoisotopic (exact) mass is 1160 g/mol. The summed E-state index contributed by atoms with van der Waals surface area (Å²) in [7, 11) is -4.78. The van der Waals surface area contributed by atoms with E-state index in [1.165, 1.54) is 0 Å². The van der Waals surface area contributed by atoms with Gasteiger partial charge in [-0.15, -0.1) is 20.4 Å². The van der Waals surface area contributed by atoms with Crippen molar-refractivity contribution < 1.29 is 46.0 Å². The summed E-state index contributed by atoms with van der Waals surface area (Å²) in [5, 5.41) is 35.9. The van der Waals surface area contributed by atoms with E-state index in [9.17, 15) is 27.0 Å². The third kappa shape index (κ3) is 15.1. The van der Waals surface area contributed by atoms with Crippen molar-refractivity contribution in [3.05, 3.63) is 155 Å². The number of hydrogen-bond donors (Lipinski definition) is 2. The first-order valence-corrected chi connectivity index (χ1v) is 29.7. The Kier molecular flexibility index (Phi) is 19.5. The molecule has 4 atom stereocenters. The molecule has 436 valence electrons. The van der Waals surface area contributed by atoms with Gasteiger partial charge < -0.3 is 29.2 Å². The molecule has 6 aromatic heterocycles. The van der Waals surface area contributed by atoms with Gasteiger partial charge in [0, 0.05) is 60.7 Å². The number of para-hydroxylation sites is 2. The van der Waals surface area contributed by atoms with E-state index in [-0.39, 0.29) is 36.5 Å². The summed E-state index contributed by atoms with van der Waals surface area (Å²) in [6.07, 6.45) is 11.1. The molecule has 82 heavy (non-hydrogen) atoms. The van der Waals surface area contributed by atoms with E-state index in [1.807, 2.05) is 77.9 Å². The van der Waals surface area contributed by atoms with Gasteiger partial charge in [0.25, 0.3) is 0 Å². The number of aliphatic hydroxyl groups is 2. The zero-order valence-corrected chi connectivity index (χ0v) is 50.4. The van der Waals surface area contributed by atoms with E-state index in [0.29, 0.717) is 45.6 Å². The van der Waals surface area contributed by atoms with Gasteiger partial charge in [-0.2, -0.15) is 0 Å². The highest BCUT2D eigenvalue weighted by Gasteiger charge is 2.39. The maximum atomic E-state index is 14.0. The lowest BCUT2D eigenvalue weighted by Crippen LogP contribution is -2.34. The number of rotatable bonds is 22. The summed E-state index contributed by atoms with van der Waals surface area (Å²) >= 11 is 0. The van der Waals surface area contributed by atoms with Gasteiger partial charge in [0.2, 0.25) is 0 Å². The van der Waals surface area contributed by atoms with Crippen LogP contribution in [0.5, 0.6) is 11.5 Å². The molecule has 2 N–H and O–H groups in total. The van der Waals surface area contributed by atoms with Crippen molar-refractivity contribution in [2.75, 3.05) is 27.4 Å². The molecule has 2 aromatic carbocycles. The van der Waals surface area contributed by atoms with Crippen LogP contribution < -0.4 is 9.47 Å². The summed E-state index contributed by atoms with van der Waals surface area (Å²) in [4.78, 5) is 25.9. The average molecular weight is 1160 g/mol. The molecular weight excluding hydrogens is 1090 g/mol. The molecule has 0 aliphatic carbocycles. The number of aryl methyl sites for hydroxylation is 6. The molecule has 0 fully saturated rings. The number of pyridine rings is 2. The van der Waals surface area contributed by atoms with Crippen LogP contribution in [0.25, 0.3) is 34.2 Å². The van der Waals surface area contributed by atoms with E-state index in [2.05, 4.69) is 50.3 Å². The van der Waals surface area contributed by atoms with Crippen molar-refractivity contribution in [2.45, 2.75) is 129 Å². The molecule has 22 nitrogen and oxygen atoms in total. The zero-order valence-electron chi connectivity index (χ0n) is 48.7. The Hall–Kier alpha value is -7.48. The second-order valence-corrected chi connectivity index (χ2v) is 26.4. The van der Waals surface area contributed by atoms with Gasteiger partial charge in [-0.05, 0) is 141 Å². The van der Waals surface area contributed by atoms with Crippen LogP contribution in [0.4, 0.5) is 0 Å². The fourth-order valence-corrected chi connectivity index (χ4v) is 11.5. The molecule has 0 bridgehead atoms. The molecular formula is C58H72N12O10S2. The van der Waals surface area contributed by atoms with E-state index in [1.54, 1.807) is 127 Å². The maximum Gasteiger partial charge on any atom is 0.170 e. The van der Waals surface area contributed by atoms with E-state index in [4.69, 9.17) is 18.9 Å². The lowest BCUT2D eigenvalue weighted by Gasteiger charge is -2.27. The predicted octanol–water partition coefficient (Wildman–Crippen LogP) is 7.77. The molecule has 8 rings (SSSR count). The van der Waals surface area contributed by atoms with Crippen LogP contribution >= 0.6 is 0 Å². The van der Waals surface area contributed by atoms with Crippen LogP contribution in [0, 0.1) is 41.5 Å². The van der Waals surface area contributed by atoms with Gasteiger partial charge in [0.15, 0.2) is 54.6 Å². The summed E-state index contributed by atoms with van der Waals surface area (Å²) in [6.45, 7) is 20.5. The van der Waals surface area contributed by atoms with Crippen molar-refractivity contribution in [1.29, 1.82) is 0 Å². The van der Waals surface area contributed by atoms with Crippen LogP contribution in [0.1, 0.15) is 110 Å². The molecule has 0 aliphatic heterocycles. The van der Waals surface area contributed by atoms with Gasteiger partial charge >= 0.3 is 0 Å². The van der Waals surface area contributed by atoms with Crippen LogP contribution in [0.15, 0.2) is 98.1 Å². The predicted molar refractivity (Wildman–Crippen MR) is 309 cm³/mol. The second kappa shape index (κ2) is 25.8. The molecule has 0 saturated heterocycles. The highest BCUT2D eigenvalue weighted by Crippen LogP contribution is 2.36. The summed E-state index contributed by atoms with van der Waals surface area (Å²) in [6, 6.07) is 15.0. The highest BCUT2D eigenvalue weighted by molar-refractivity contribution is 7.91. The largest absolute Gasteiger partial charge is 0.495 e. The van der Waals surface area contributed by atoms with Crippen LogP contribution in [-0.2, 0) is 40.7 Å². The molecule has 0 amide bonds. The lowest BCUT2D eigenvalue weighted by molar-refractivity contribution is -0.0566. The Morgan fingerprint density at radius 1 is 0.512 bits per heavy atom. The Labute approximate surface area is 479 Å². The van der Waals surface area contributed by atoms with Crippen molar-refractivity contribution in [3.63, 3.8) is 0 Å². The number of benzene rings is 2. The maximum absolute atomic E-state index is 14.0. The molecule has 0 unspecified atom stereocenters. The lowest BCUT2D eigenvalue weighted by atomic mass is 10.1. The number of sulfone groups is 2. The number of ether oxygens (including phenoxy) is 4. The molecule has 24 heteroatoms. The Balaban J connectivity index is 0.000000236. The van der Waals surface area contributed by atoms with E-state index in [0.717, 1.165) is 33.4 Å². The molecule has 6 heterocycles. The minimum Gasteiger partial charge on any atom is -0.495 e. The van der Waals surface area contributed by atoms with E-state index >= 15 is 0 Å². The first-order valence-electron chi connectivity index (χ1n) is 26.3. The molecule has 0 spiro atoms. The third-order valence-electron chi connectivity index (χ3n) is 13.0. The van der Waals surface area contributed by atoms with Crippen molar-refractivity contribution in [2.24, 2.45) is 0 Å². The number of hydrogen-bond acceptors (Lipinski definition) is 20. The minimum atomic E-state index is -3.94. The van der Waals surface area contributed by atoms with Crippen molar-refractivity contribution >= 4 is 19.7 Å². The standard InChI is InChI=1S/2C29H36N6O5S/c2*1-18-11-22(15-30-12-18)28-34-33-24(35(28)25-20(3)9-8-10-23(25)39-7)16-41(37,38)21(4)26(40-17-29(5,6)36)27-31-13-19(2)14-32-27/h2*8-15,21,26,36H,16-17H2,1-7H3/t2*21-,26-/m10/s1. The Morgan fingerprint density at radius 2 is 0.866 bits per heavy atom. The second-order valence-electron chi connectivity index (χ2n) is 21.7.